The molecule has 0 bridgehead atoms. The first kappa shape index (κ1) is 14.6. The molecule has 1 fully saturated rings. The Hall–Kier alpha value is -0.380. The Morgan fingerprint density at radius 1 is 1.35 bits per heavy atom. The van der Waals surface area contributed by atoms with Gasteiger partial charge in [0.1, 0.15) is 5.82 Å². The third-order valence-electron chi connectivity index (χ3n) is 4.16. The van der Waals surface area contributed by atoms with Crippen LogP contribution in [-0.4, -0.2) is 21.1 Å². The van der Waals surface area contributed by atoms with Crippen molar-refractivity contribution in [1.82, 2.24) is 9.55 Å². The van der Waals surface area contributed by atoms with E-state index in [9.17, 15) is 0 Å². The van der Waals surface area contributed by atoms with Gasteiger partial charge in [-0.05, 0) is 31.2 Å². The molecule has 3 rings (SSSR count). The van der Waals surface area contributed by atoms with E-state index in [0.717, 1.165) is 21.9 Å². The van der Waals surface area contributed by atoms with E-state index in [-0.39, 0.29) is 0 Å². The van der Waals surface area contributed by atoms with E-state index in [1.807, 2.05) is 30.0 Å². The second-order valence-corrected chi connectivity index (χ2v) is 7.02. The zero-order valence-corrected chi connectivity index (χ0v) is 13.8. The molecule has 1 aromatic heterocycles. The molecule has 5 heteroatoms. The van der Waals surface area contributed by atoms with E-state index in [1.54, 1.807) is 0 Å². The number of aromatic nitrogens is 2. The van der Waals surface area contributed by atoms with Gasteiger partial charge in [0.15, 0.2) is 0 Å². The summed E-state index contributed by atoms with van der Waals surface area (Å²) >= 11 is 14.5. The molecule has 0 aliphatic heterocycles. The lowest BCUT2D eigenvalue weighted by Crippen LogP contribution is -2.26. The van der Waals surface area contributed by atoms with Crippen LogP contribution in [0.15, 0.2) is 18.2 Å². The molecule has 0 radical (unpaired) electrons. The summed E-state index contributed by atoms with van der Waals surface area (Å²) in [5.74, 6) is 1.38. The maximum Gasteiger partial charge on any atom is 0.125 e. The second-order valence-electron chi connectivity index (χ2n) is 5.27. The molecule has 0 amide bonds. The second kappa shape index (κ2) is 6.17. The molecule has 1 saturated carbocycles. The zero-order valence-electron chi connectivity index (χ0n) is 11.5. The minimum Gasteiger partial charge on any atom is -0.322 e. The molecular formula is C15H18Cl2N2S. The van der Waals surface area contributed by atoms with Crippen molar-refractivity contribution >= 4 is 46.0 Å². The normalized spacial score (nSPS) is 23.4. The summed E-state index contributed by atoms with van der Waals surface area (Å²) in [6.07, 6.45) is 7.24. The topological polar surface area (TPSA) is 17.8 Å². The minimum atomic E-state index is 0.433. The van der Waals surface area contributed by atoms with E-state index >= 15 is 0 Å². The molecule has 108 valence electrons. The highest BCUT2D eigenvalue weighted by molar-refractivity contribution is 7.99. The van der Waals surface area contributed by atoms with Crippen LogP contribution in [0.2, 0.25) is 5.02 Å². The van der Waals surface area contributed by atoms with E-state index in [0.29, 0.717) is 17.2 Å². The van der Waals surface area contributed by atoms with Crippen LogP contribution >= 0.6 is 35.0 Å². The first-order chi connectivity index (χ1) is 9.76. The largest absolute Gasteiger partial charge is 0.322 e. The zero-order chi connectivity index (χ0) is 14.1. The average molecular weight is 329 g/mol. The number of hydrogen-bond donors (Lipinski definition) is 0. The van der Waals surface area contributed by atoms with Gasteiger partial charge in [-0.15, -0.1) is 11.6 Å². The van der Waals surface area contributed by atoms with Gasteiger partial charge in [-0.25, -0.2) is 4.98 Å². The van der Waals surface area contributed by atoms with Crippen LogP contribution in [-0.2, 0) is 5.88 Å². The number of para-hydroxylation sites is 1. The Labute approximate surface area is 133 Å². The van der Waals surface area contributed by atoms with Crippen molar-refractivity contribution in [3.8, 4) is 0 Å². The third kappa shape index (κ3) is 2.44. The summed E-state index contributed by atoms with van der Waals surface area (Å²) in [6.45, 7) is 0. The van der Waals surface area contributed by atoms with Crippen LogP contribution in [0.4, 0.5) is 0 Å². The fourth-order valence-electron chi connectivity index (χ4n) is 3.25. The van der Waals surface area contributed by atoms with Gasteiger partial charge in [0, 0.05) is 11.3 Å². The van der Waals surface area contributed by atoms with Gasteiger partial charge < -0.3 is 4.57 Å². The molecule has 2 unspecified atom stereocenters. The van der Waals surface area contributed by atoms with Gasteiger partial charge in [-0.2, -0.15) is 11.8 Å². The molecule has 1 heterocycles. The van der Waals surface area contributed by atoms with Crippen molar-refractivity contribution < 1.29 is 0 Å². The standard InChI is InChI=1S/C15H18Cl2N2S/c1-20-13-8-3-2-7-12(13)19-14(9-16)18-11-6-4-5-10(17)15(11)19/h4-6,12-13H,2-3,7-9H2,1H3. The Balaban J connectivity index is 2.17. The van der Waals surface area contributed by atoms with Gasteiger partial charge >= 0.3 is 0 Å². The van der Waals surface area contributed by atoms with Gasteiger partial charge in [0.25, 0.3) is 0 Å². The fourth-order valence-corrected chi connectivity index (χ4v) is 4.68. The van der Waals surface area contributed by atoms with E-state index in [2.05, 4.69) is 15.8 Å². The van der Waals surface area contributed by atoms with Crippen LogP contribution in [0.5, 0.6) is 0 Å². The van der Waals surface area contributed by atoms with Crippen molar-refractivity contribution in [2.45, 2.75) is 42.9 Å². The van der Waals surface area contributed by atoms with E-state index in [1.165, 1.54) is 25.7 Å². The fraction of sp³-hybridized carbons (Fsp3) is 0.533. The molecule has 0 spiro atoms. The summed E-state index contributed by atoms with van der Waals surface area (Å²) in [5.41, 5.74) is 2.01. The predicted molar refractivity (Wildman–Crippen MR) is 89.1 cm³/mol. The van der Waals surface area contributed by atoms with Crippen molar-refractivity contribution in [2.75, 3.05) is 6.26 Å². The predicted octanol–water partition coefficient (Wildman–Crippen LogP) is 5.28. The number of benzene rings is 1. The van der Waals surface area contributed by atoms with E-state index in [4.69, 9.17) is 23.2 Å². The number of imidazole rings is 1. The molecule has 20 heavy (non-hydrogen) atoms. The van der Waals surface area contributed by atoms with Crippen LogP contribution in [0, 0.1) is 0 Å². The molecule has 0 saturated heterocycles. The first-order valence-electron chi connectivity index (χ1n) is 7.00. The van der Waals surface area contributed by atoms with Crippen LogP contribution in [0.1, 0.15) is 37.5 Å². The first-order valence-corrected chi connectivity index (χ1v) is 9.20. The Bertz CT molecular complexity index is 611. The monoisotopic (exact) mass is 328 g/mol. The minimum absolute atomic E-state index is 0.433. The molecule has 1 aromatic carbocycles. The lowest BCUT2D eigenvalue weighted by molar-refractivity contribution is 0.366. The number of thioether (sulfide) groups is 1. The van der Waals surface area contributed by atoms with Crippen molar-refractivity contribution in [3.63, 3.8) is 0 Å². The number of hydrogen-bond acceptors (Lipinski definition) is 2. The average Bonchev–Trinajstić information content (AvgIpc) is 2.87. The SMILES string of the molecule is CSC1CCCCC1n1c(CCl)nc2cccc(Cl)c21. The highest BCUT2D eigenvalue weighted by Gasteiger charge is 2.29. The van der Waals surface area contributed by atoms with E-state index < -0.39 is 0 Å². The van der Waals surface area contributed by atoms with Gasteiger partial charge in [-0.1, -0.05) is 30.5 Å². The summed E-state index contributed by atoms with van der Waals surface area (Å²) in [4.78, 5) is 4.67. The molecule has 1 aliphatic rings. The summed E-state index contributed by atoms with van der Waals surface area (Å²) < 4.78 is 2.31. The summed E-state index contributed by atoms with van der Waals surface area (Å²) in [5, 5.41) is 1.40. The van der Waals surface area contributed by atoms with Crippen LogP contribution in [0.25, 0.3) is 11.0 Å². The number of halogens is 2. The highest BCUT2D eigenvalue weighted by atomic mass is 35.5. The maximum atomic E-state index is 6.43. The number of fused-ring (bicyclic) bond motifs is 1. The molecule has 0 N–H and O–H groups in total. The van der Waals surface area contributed by atoms with Crippen LogP contribution < -0.4 is 0 Å². The van der Waals surface area contributed by atoms with Gasteiger partial charge in [-0.3, -0.25) is 0 Å². The highest BCUT2D eigenvalue weighted by Crippen LogP contribution is 2.39. The Kier molecular flexibility index (Phi) is 4.49. The maximum absolute atomic E-state index is 6.43. The summed E-state index contributed by atoms with van der Waals surface area (Å²) in [6, 6.07) is 6.37. The molecule has 2 aromatic rings. The van der Waals surface area contributed by atoms with Crippen molar-refractivity contribution in [3.05, 3.63) is 29.0 Å². The Morgan fingerprint density at radius 2 is 2.15 bits per heavy atom. The molecule has 2 atom stereocenters. The quantitative estimate of drug-likeness (QED) is 0.714. The van der Waals surface area contributed by atoms with Crippen LogP contribution in [0.3, 0.4) is 0 Å². The van der Waals surface area contributed by atoms with Crippen molar-refractivity contribution in [2.24, 2.45) is 0 Å². The van der Waals surface area contributed by atoms with Crippen molar-refractivity contribution in [1.29, 1.82) is 0 Å². The third-order valence-corrected chi connectivity index (χ3v) is 5.85. The Morgan fingerprint density at radius 3 is 2.90 bits per heavy atom. The van der Waals surface area contributed by atoms with Gasteiger partial charge in [0.2, 0.25) is 0 Å². The molecule has 2 nitrogen and oxygen atoms in total. The lowest BCUT2D eigenvalue weighted by atomic mass is 9.94. The number of alkyl halides is 1. The van der Waals surface area contributed by atoms with Gasteiger partial charge in [0.05, 0.1) is 21.9 Å². The molecule has 1 aliphatic carbocycles. The number of rotatable bonds is 3. The lowest BCUT2D eigenvalue weighted by Gasteiger charge is -2.32. The molecular weight excluding hydrogens is 311 g/mol. The smallest absolute Gasteiger partial charge is 0.125 e. The number of nitrogens with zero attached hydrogens (tertiary/aromatic N) is 2. The summed E-state index contributed by atoms with van der Waals surface area (Å²) in [7, 11) is 0.